The van der Waals surface area contributed by atoms with Crippen LogP contribution in [0.15, 0.2) is 29.6 Å². The first-order valence-electron chi connectivity index (χ1n) is 6.00. The van der Waals surface area contributed by atoms with E-state index >= 15 is 0 Å². The Morgan fingerprint density at radius 2 is 2.22 bits per heavy atom. The van der Waals surface area contributed by atoms with Crippen LogP contribution in [0.2, 0.25) is 0 Å². The molecular weight excluding hydrogens is 246 g/mol. The third-order valence-electron chi connectivity index (χ3n) is 2.72. The topological polar surface area (TPSA) is 47.0 Å². The van der Waals surface area contributed by atoms with E-state index in [1.54, 1.807) is 7.11 Å². The van der Waals surface area contributed by atoms with Crippen molar-refractivity contribution in [2.24, 2.45) is 0 Å². The summed E-state index contributed by atoms with van der Waals surface area (Å²) in [4.78, 5) is 0. The van der Waals surface area contributed by atoms with Gasteiger partial charge in [0.25, 0.3) is 0 Å². The summed E-state index contributed by atoms with van der Waals surface area (Å²) in [6.07, 6.45) is 1.07. The van der Waals surface area contributed by atoms with Gasteiger partial charge in [0.15, 0.2) is 0 Å². The first kappa shape index (κ1) is 13.0. The van der Waals surface area contributed by atoms with Gasteiger partial charge < -0.3 is 10.1 Å². The molecule has 0 amide bonds. The summed E-state index contributed by atoms with van der Waals surface area (Å²) in [7, 11) is 1.69. The Bertz CT molecular complexity index is 473. The second kappa shape index (κ2) is 6.47. The van der Waals surface area contributed by atoms with Crippen LogP contribution in [-0.2, 0) is 0 Å². The molecular formula is C13H17N3OS. The van der Waals surface area contributed by atoms with E-state index in [1.807, 2.05) is 23.6 Å². The van der Waals surface area contributed by atoms with Crippen LogP contribution in [0.1, 0.15) is 30.6 Å². The highest BCUT2D eigenvalue weighted by molar-refractivity contribution is 7.03. The van der Waals surface area contributed by atoms with Crippen molar-refractivity contribution in [2.75, 3.05) is 13.7 Å². The maximum Gasteiger partial charge on any atom is 0.124 e. The molecule has 2 rings (SSSR count). The van der Waals surface area contributed by atoms with Crippen molar-refractivity contribution in [1.82, 2.24) is 14.9 Å². The first-order chi connectivity index (χ1) is 8.86. The average Bonchev–Trinajstić information content (AvgIpc) is 2.94. The van der Waals surface area contributed by atoms with Gasteiger partial charge in [-0.1, -0.05) is 29.6 Å². The van der Waals surface area contributed by atoms with Gasteiger partial charge in [-0.2, -0.15) is 0 Å². The lowest BCUT2D eigenvalue weighted by Crippen LogP contribution is -2.24. The van der Waals surface area contributed by atoms with Crippen LogP contribution in [0.3, 0.4) is 0 Å². The van der Waals surface area contributed by atoms with Gasteiger partial charge in [-0.3, -0.25) is 0 Å². The van der Waals surface area contributed by atoms with Gasteiger partial charge in [0.1, 0.15) is 5.75 Å². The molecule has 0 radical (unpaired) electrons. The molecule has 0 saturated heterocycles. The van der Waals surface area contributed by atoms with Gasteiger partial charge in [-0.25, -0.2) is 0 Å². The average molecular weight is 263 g/mol. The molecule has 0 aliphatic carbocycles. The number of para-hydroxylation sites is 1. The van der Waals surface area contributed by atoms with Gasteiger partial charge in [0.2, 0.25) is 0 Å². The molecule has 0 fully saturated rings. The van der Waals surface area contributed by atoms with E-state index in [4.69, 9.17) is 4.74 Å². The molecule has 0 aliphatic heterocycles. The van der Waals surface area contributed by atoms with Gasteiger partial charge in [0.05, 0.1) is 18.8 Å². The quantitative estimate of drug-likeness (QED) is 0.870. The molecule has 1 aromatic heterocycles. The zero-order chi connectivity index (χ0) is 12.8. The standard InChI is InChI=1S/C13H17N3OS/c1-3-8-14-13(11-9-18-16-15-11)10-6-4-5-7-12(10)17-2/h4-7,9,13-14H,3,8H2,1-2H3. The second-order valence-corrected chi connectivity index (χ2v) is 4.57. The fourth-order valence-electron chi connectivity index (χ4n) is 1.87. The molecule has 1 aromatic carbocycles. The fraction of sp³-hybridized carbons (Fsp3) is 0.385. The lowest BCUT2D eigenvalue weighted by atomic mass is 10.0. The van der Waals surface area contributed by atoms with E-state index in [0.717, 1.165) is 30.0 Å². The number of nitrogens with zero attached hydrogens (tertiary/aromatic N) is 2. The Kier molecular flexibility index (Phi) is 4.66. The van der Waals surface area contributed by atoms with Crippen LogP contribution in [0.25, 0.3) is 0 Å². The zero-order valence-corrected chi connectivity index (χ0v) is 11.4. The largest absolute Gasteiger partial charge is 0.496 e. The highest BCUT2D eigenvalue weighted by Crippen LogP contribution is 2.29. The molecule has 4 nitrogen and oxygen atoms in total. The lowest BCUT2D eigenvalue weighted by molar-refractivity contribution is 0.403. The third kappa shape index (κ3) is 2.86. The summed E-state index contributed by atoms with van der Waals surface area (Å²) < 4.78 is 9.36. The van der Waals surface area contributed by atoms with Crippen molar-refractivity contribution in [1.29, 1.82) is 0 Å². The molecule has 5 heteroatoms. The summed E-state index contributed by atoms with van der Waals surface area (Å²) in [5.74, 6) is 0.874. The summed E-state index contributed by atoms with van der Waals surface area (Å²) >= 11 is 1.37. The predicted octanol–water partition coefficient (Wildman–Crippen LogP) is 2.64. The van der Waals surface area contributed by atoms with Gasteiger partial charge >= 0.3 is 0 Å². The van der Waals surface area contributed by atoms with E-state index in [-0.39, 0.29) is 6.04 Å². The van der Waals surface area contributed by atoms with E-state index in [2.05, 4.69) is 27.9 Å². The lowest BCUT2D eigenvalue weighted by Gasteiger charge is -2.19. The number of benzene rings is 1. The smallest absolute Gasteiger partial charge is 0.124 e. The number of nitrogens with one attached hydrogen (secondary N) is 1. The van der Waals surface area contributed by atoms with Crippen molar-refractivity contribution in [3.63, 3.8) is 0 Å². The molecule has 1 N–H and O–H groups in total. The monoisotopic (exact) mass is 263 g/mol. The number of hydrogen-bond acceptors (Lipinski definition) is 5. The van der Waals surface area contributed by atoms with E-state index in [1.165, 1.54) is 11.5 Å². The highest BCUT2D eigenvalue weighted by atomic mass is 32.1. The minimum Gasteiger partial charge on any atom is -0.496 e. The molecule has 18 heavy (non-hydrogen) atoms. The first-order valence-corrected chi connectivity index (χ1v) is 6.83. The third-order valence-corrected chi connectivity index (χ3v) is 3.24. The molecule has 2 aromatic rings. The number of ether oxygens (including phenoxy) is 1. The number of rotatable bonds is 6. The summed E-state index contributed by atoms with van der Waals surface area (Å²) in [6.45, 7) is 3.08. The SMILES string of the molecule is CCCNC(c1csnn1)c1ccccc1OC. The van der Waals surface area contributed by atoms with E-state index < -0.39 is 0 Å². The molecule has 0 aliphatic rings. The molecule has 0 saturated carbocycles. The number of hydrogen-bond donors (Lipinski definition) is 1. The Morgan fingerprint density at radius 1 is 1.39 bits per heavy atom. The van der Waals surface area contributed by atoms with Gasteiger partial charge in [-0.15, -0.1) is 5.10 Å². The highest BCUT2D eigenvalue weighted by Gasteiger charge is 2.19. The second-order valence-electron chi connectivity index (χ2n) is 3.96. The maximum absolute atomic E-state index is 5.42. The van der Waals surface area contributed by atoms with E-state index in [0.29, 0.717) is 0 Å². The molecule has 96 valence electrons. The van der Waals surface area contributed by atoms with Crippen molar-refractivity contribution in [3.8, 4) is 5.75 Å². The molecule has 1 heterocycles. The zero-order valence-electron chi connectivity index (χ0n) is 10.6. The maximum atomic E-state index is 5.42. The van der Waals surface area contributed by atoms with Gasteiger partial charge in [-0.05, 0) is 30.6 Å². The Balaban J connectivity index is 2.33. The summed E-state index contributed by atoms with van der Waals surface area (Å²) in [5, 5.41) is 9.63. The Morgan fingerprint density at radius 3 is 2.89 bits per heavy atom. The van der Waals surface area contributed by atoms with Crippen molar-refractivity contribution in [2.45, 2.75) is 19.4 Å². The van der Waals surface area contributed by atoms with Crippen LogP contribution < -0.4 is 10.1 Å². The molecule has 1 unspecified atom stereocenters. The normalized spacial score (nSPS) is 12.3. The van der Waals surface area contributed by atoms with Crippen molar-refractivity contribution < 1.29 is 4.74 Å². The Labute approximate surface area is 111 Å². The Hall–Kier alpha value is -1.46. The number of methoxy groups -OCH3 is 1. The summed E-state index contributed by atoms with van der Waals surface area (Å²) in [6, 6.07) is 8.05. The summed E-state index contributed by atoms with van der Waals surface area (Å²) in [5.41, 5.74) is 2.04. The minimum absolute atomic E-state index is 0.0415. The van der Waals surface area contributed by atoms with Crippen molar-refractivity contribution >= 4 is 11.5 Å². The van der Waals surface area contributed by atoms with Crippen LogP contribution in [-0.4, -0.2) is 23.2 Å². The fourth-order valence-corrected chi connectivity index (χ4v) is 2.34. The van der Waals surface area contributed by atoms with Crippen LogP contribution in [0, 0.1) is 0 Å². The molecule has 0 spiro atoms. The predicted molar refractivity (Wildman–Crippen MR) is 73.0 cm³/mol. The number of aromatic nitrogens is 2. The van der Waals surface area contributed by atoms with Crippen LogP contribution in [0.5, 0.6) is 5.75 Å². The minimum atomic E-state index is 0.0415. The molecule has 0 bridgehead atoms. The van der Waals surface area contributed by atoms with Gasteiger partial charge in [0, 0.05) is 10.9 Å². The van der Waals surface area contributed by atoms with E-state index in [9.17, 15) is 0 Å². The molecule has 1 atom stereocenters. The van der Waals surface area contributed by atoms with Crippen LogP contribution in [0.4, 0.5) is 0 Å². The van der Waals surface area contributed by atoms with Crippen LogP contribution >= 0.6 is 11.5 Å². The van der Waals surface area contributed by atoms with Crippen molar-refractivity contribution in [3.05, 3.63) is 40.9 Å².